The summed E-state index contributed by atoms with van der Waals surface area (Å²) in [5.41, 5.74) is -0.0312. The van der Waals surface area contributed by atoms with Crippen molar-refractivity contribution in [1.29, 1.82) is 0 Å². The number of benzene rings is 1. The Hall–Kier alpha value is -3.36. The molecule has 1 fully saturated rings. The van der Waals surface area contributed by atoms with E-state index in [2.05, 4.69) is 10.2 Å². The van der Waals surface area contributed by atoms with Crippen LogP contribution in [0.5, 0.6) is 0 Å². The number of amides is 1. The monoisotopic (exact) mass is 530 g/mol. The quantitative estimate of drug-likeness (QED) is 0.260. The second-order valence-corrected chi connectivity index (χ2v) is 9.66. The van der Waals surface area contributed by atoms with Crippen LogP contribution in [0.2, 0.25) is 5.02 Å². The van der Waals surface area contributed by atoms with Crippen molar-refractivity contribution >= 4 is 39.2 Å². The molecular weight excluding hydrogens is 508 g/mol. The number of likely N-dealkylation sites (tertiary alicyclic amines) is 1. The third-order valence-electron chi connectivity index (χ3n) is 5.34. The first-order valence-corrected chi connectivity index (χ1v) is 12.3. The lowest BCUT2D eigenvalue weighted by molar-refractivity contribution is -0.759. The summed E-state index contributed by atoms with van der Waals surface area (Å²) in [6.45, 7) is 0.191. The van der Waals surface area contributed by atoms with Gasteiger partial charge in [-0.3, -0.25) is 4.79 Å². The molecule has 3 N–H and O–H groups in total. The molecule has 0 atom stereocenters. The van der Waals surface area contributed by atoms with E-state index in [1.165, 1.54) is 17.2 Å². The van der Waals surface area contributed by atoms with Crippen LogP contribution in [0.15, 0.2) is 39.8 Å². The van der Waals surface area contributed by atoms with E-state index in [4.69, 9.17) is 25.9 Å². The van der Waals surface area contributed by atoms with Crippen molar-refractivity contribution in [3.63, 3.8) is 0 Å². The Bertz CT molecular complexity index is 1180. The number of nitrogens with zero attached hydrogens (tertiary/aromatic N) is 2. The zero-order chi connectivity index (χ0) is 25.6. The largest absolute Gasteiger partial charge is 0.467 e. The van der Waals surface area contributed by atoms with E-state index in [0.717, 1.165) is 6.07 Å². The summed E-state index contributed by atoms with van der Waals surface area (Å²) >= 11 is 6.05. The summed E-state index contributed by atoms with van der Waals surface area (Å²) in [6.07, 6.45) is 2.47. The lowest BCUT2D eigenvalue weighted by atomic mass is 9.98. The first kappa shape index (κ1) is 26.2. The molecule has 35 heavy (non-hydrogen) atoms. The van der Waals surface area contributed by atoms with Crippen LogP contribution in [0.25, 0.3) is 0 Å². The van der Waals surface area contributed by atoms with Gasteiger partial charge in [0, 0.05) is 13.1 Å². The fraction of sp³-hybridized carbons (Fsp3) is 0.400. The van der Waals surface area contributed by atoms with E-state index >= 15 is 0 Å². The molecule has 0 radical (unpaired) electrons. The number of hydrogen-bond donors (Lipinski definition) is 2. The van der Waals surface area contributed by atoms with Crippen LogP contribution in [0.3, 0.4) is 0 Å². The SMILES string of the molecule is NS(=O)(=O)c1cc(C(=O)OCC(=O)N2CCC(CO[N+](=O)[O-])CC2)c(NCc2ccco2)cc1Cl. The van der Waals surface area contributed by atoms with E-state index in [9.17, 15) is 28.1 Å². The summed E-state index contributed by atoms with van der Waals surface area (Å²) in [6, 6.07) is 5.57. The Morgan fingerprint density at radius 3 is 2.63 bits per heavy atom. The van der Waals surface area contributed by atoms with Gasteiger partial charge in [0.05, 0.1) is 35.7 Å². The van der Waals surface area contributed by atoms with Gasteiger partial charge in [0.15, 0.2) is 6.61 Å². The topological polar surface area (TPSA) is 184 Å². The smallest absolute Gasteiger partial charge is 0.340 e. The van der Waals surface area contributed by atoms with Crippen molar-refractivity contribution < 1.29 is 37.1 Å². The van der Waals surface area contributed by atoms with Crippen LogP contribution in [-0.2, 0) is 30.9 Å². The summed E-state index contributed by atoms with van der Waals surface area (Å²) < 4.78 is 34.1. The molecular formula is C20H23ClN4O9S. The highest BCUT2D eigenvalue weighted by Gasteiger charge is 2.26. The highest BCUT2D eigenvalue weighted by molar-refractivity contribution is 7.89. The van der Waals surface area contributed by atoms with E-state index in [1.807, 2.05) is 0 Å². The average molecular weight is 531 g/mol. The fourth-order valence-electron chi connectivity index (χ4n) is 3.49. The second kappa shape index (κ2) is 11.4. The number of carbonyl (C=O) groups excluding carboxylic acids is 2. The molecule has 1 aliphatic heterocycles. The molecule has 1 saturated heterocycles. The fourth-order valence-corrected chi connectivity index (χ4v) is 4.59. The third kappa shape index (κ3) is 7.31. The number of carbonyl (C=O) groups is 2. The number of piperidine rings is 1. The van der Waals surface area contributed by atoms with Crippen LogP contribution in [0.4, 0.5) is 5.69 Å². The van der Waals surface area contributed by atoms with Gasteiger partial charge < -0.3 is 24.2 Å². The number of nitrogens with two attached hydrogens (primary N) is 1. The van der Waals surface area contributed by atoms with Gasteiger partial charge in [-0.05, 0) is 43.0 Å². The number of anilines is 1. The second-order valence-electron chi connectivity index (χ2n) is 7.73. The van der Waals surface area contributed by atoms with Crippen molar-refractivity contribution in [2.24, 2.45) is 11.1 Å². The normalized spacial score (nSPS) is 14.4. The zero-order valence-corrected chi connectivity index (χ0v) is 19.9. The molecule has 190 valence electrons. The number of hydrogen-bond acceptors (Lipinski definition) is 10. The number of rotatable bonds is 10. The van der Waals surface area contributed by atoms with Gasteiger partial charge in [-0.15, -0.1) is 10.1 Å². The molecule has 13 nitrogen and oxygen atoms in total. The third-order valence-corrected chi connectivity index (χ3v) is 6.72. The molecule has 0 spiro atoms. The lowest BCUT2D eigenvalue weighted by Gasteiger charge is -2.31. The van der Waals surface area contributed by atoms with Gasteiger partial charge in [0.2, 0.25) is 10.0 Å². The lowest BCUT2D eigenvalue weighted by Crippen LogP contribution is -2.41. The number of ether oxygens (including phenoxy) is 1. The Labute approximate surface area is 205 Å². The van der Waals surface area contributed by atoms with Crippen molar-refractivity contribution in [1.82, 2.24) is 4.90 Å². The van der Waals surface area contributed by atoms with Crippen LogP contribution in [0.1, 0.15) is 29.0 Å². The van der Waals surface area contributed by atoms with E-state index in [-0.39, 0.29) is 35.3 Å². The number of furan rings is 1. The minimum atomic E-state index is -4.24. The molecule has 15 heteroatoms. The van der Waals surface area contributed by atoms with Gasteiger partial charge in [-0.1, -0.05) is 11.6 Å². The van der Waals surface area contributed by atoms with Gasteiger partial charge in [-0.25, -0.2) is 18.4 Å². The van der Waals surface area contributed by atoms with Crippen LogP contribution < -0.4 is 10.5 Å². The Morgan fingerprint density at radius 2 is 2.03 bits per heavy atom. The predicted octanol–water partition coefficient (Wildman–Crippen LogP) is 1.80. The maximum atomic E-state index is 12.8. The van der Waals surface area contributed by atoms with Gasteiger partial charge >= 0.3 is 5.97 Å². The minimum absolute atomic E-state index is 0.0409. The highest BCUT2D eigenvalue weighted by atomic mass is 35.5. The molecule has 2 heterocycles. The summed E-state index contributed by atoms with van der Waals surface area (Å²) in [5.74, 6) is -0.937. The van der Waals surface area contributed by atoms with Crippen molar-refractivity contribution in [2.45, 2.75) is 24.3 Å². The van der Waals surface area contributed by atoms with E-state index < -0.39 is 38.5 Å². The Morgan fingerprint density at radius 1 is 1.31 bits per heavy atom. The molecule has 1 aliphatic rings. The van der Waals surface area contributed by atoms with Crippen molar-refractivity contribution in [3.8, 4) is 0 Å². The summed E-state index contributed by atoms with van der Waals surface area (Å²) in [5, 5.41) is 17.4. The van der Waals surface area contributed by atoms with E-state index in [0.29, 0.717) is 31.7 Å². The van der Waals surface area contributed by atoms with Crippen molar-refractivity contribution in [3.05, 3.63) is 57.0 Å². The standard InChI is InChI=1S/C20H23ClN4O9S/c21-16-9-17(23-10-14-2-1-7-32-14)15(8-18(16)35(22,30)31)20(27)33-12-19(26)24-5-3-13(4-6-24)11-34-25(28)29/h1-2,7-9,13,23H,3-6,10-12H2,(H2,22,30,31). The minimum Gasteiger partial charge on any atom is -0.467 e. The zero-order valence-electron chi connectivity index (χ0n) is 18.3. The molecule has 3 rings (SSSR count). The van der Waals surface area contributed by atoms with Crippen LogP contribution >= 0.6 is 11.6 Å². The van der Waals surface area contributed by atoms with Gasteiger partial charge in [-0.2, -0.15) is 0 Å². The predicted molar refractivity (Wildman–Crippen MR) is 121 cm³/mol. The summed E-state index contributed by atoms with van der Waals surface area (Å²) in [4.78, 5) is 41.0. The van der Waals surface area contributed by atoms with Gasteiger partial charge in [0.25, 0.3) is 11.0 Å². The van der Waals surface area contributed by atoms with Crippen LogP contribution in [0, 0.1) is 16.0 Å². The molecule has 1 aromatic heterocycles. The maximum Gasteiger partial charge on any atom is 0.340 e. The average Bonchev–Trinajstić information content (AvgIpc) is 3.33. The van der Waals surface area contributed by atoms with Crippen LogP contribution in [-0.4, -0.2) is 56.6 Å². The number of sulfonamides is 1. The number of primary sulfonamides is 1. The molecule has 1 aromatic carbocycles. The molecule has 0 aliphatic carbocycles. The molecule has 0 bridgehead atoms. The highest BCUT2D eigenvalue weighted by Crippen LogP contribution is 2.29. The Kier molecular flexibility index (Phi) is 8.53. The Balaban J connectivity index is 1.66. The molecule has 0 saturated carbocycles. The molecule has 2 aromatic rings. The summed E-state index contributed by atoms with van der Waals surface area (Å²) in [7, 11) is -4.24. The van der Waals surface area contributed by atoms with Gasteiger partial charge in [0.1, 0.15) is 10.7 Å². The number of halogens is 1. The maximum absolute atomic E-state index is 12.8. The first-order valence-electron chi connectivity index (χ1n) is 10.4. The van der Waals surface area contributed by atoms with E-state index in [1.54, 1.807) is 12.1 Å². The number of esters is 1. The molecule has 0 unspecified atom stereocenters. The first-order chi connectivity index (χ1) is 16.5. The molecule has 1 amide bonds. The number of nitrogens with one attached hydrogen (secondary N) is 1. The van der Waals surface area contributed by atoms with Crippen molar-refractivity contribution in [2.75, 3.05) is 31.6 Å².